The van der Waals surface area contributed by atoms with Crippen molar-refractivity contribution < 1.29 is 32.7 Å². The average molecular weight is 673 g/mol. The molecule has 5 atom stereocenters. The van der Waals surface area contributed by atoms with E-state index in [9.17, 15) is 14.4 Å². The number of β-lactam (4-membered cyclic amide) rings is 1. The lowest BCUT2D eigenvalue weighted by Crippen LogP contribution is -2.63. The van der Waals surface area contributed by atoms with Crippen LogP contribution >= 0.6 is 0 Å². The van der Waals surface area contributed by atoms with Crippen molar-refractivity contribution >= 4 is 36.1 Å². The summed E-state index contributed by atoms with van der Waals surface area (Å²) in [6.45, 7) is 31.6. The molecule has 0 saturated carbocycles. The molecule has 256 valence electrons. The van der Waals surface area contributed by atoms with Crippen molar-refractivity contribution in [3.63, 3.8) is 0 Å². The van der Waals surface area contributed by atoms with Crippen molar-refractivity contribution in [2.24, 2.45) is 28.6 Å². The van der Waals surface area contributed by atoms with E-state index in [2.05, 4.69) is 67.8 Å². The second kappa shape index (κ2) is 14.7. The van der Waals surface area contributed by atoms with Crippen LogP contribution in [0.4, 0.5) is 4.79 Å². The third-order valence-electron chi connectivity index (χ3n) is 9.30. The third-order valence-corrected chi connectivity index (χ3v) is 10.8. The van der Waals surface area contributed by atoms with Crippen LogP contribution in [0.5, 0.6) is 0 Å². The summed E-state index contributed by atoms with van der Waals surface area (Å²) in [5.41, 5.74) is 0.424. The molecule has 2 saturated heterocycles. The molecular formula is C35H56N2O7Si2. The number of fused-ring (bicyclic) bond motifs is 1. The molecule has 2 radical (unpaired) electrons. The van der Waals surface area contributed by atoms with Crippen molar-refractivity contribution in [1.29, 1.82) is 0 Å². The van der Waals surface area contributed by atoms with Gasteiger partial charge in [-0.1, -0.05) is 66.9 Å². The maximum Gasteiger partial charge on any atom is 0.412 e. The average Bonchev–Trinajstić information content (AvgIpc) is 3.48. The Bertz CT molecular complexity index is 1250. The first-order valence-corrected chi connectivity index (χ1v) is 21.1. The van der Waals surface area contributed by atoms with Gasteiger partial charge in [0.2, 0.25) is 24.0 Å². The first kappa shape index (κ1) is 38.0. The molecular weight excluding hydrogens is 617 g/mol. The summed E-state index contributed by atoms with van der Waals surface area (Å²) in [6, 6.07) is -0.192. The number of nitrogens with zero attached hydrogens (tertiary/aromatic N) is 2. The SMILES string of the molecule is C=CCOC(=O)C1=C(C(C)=C[C@@]2(O[Si](C)C)C[C@H](C(C)(C)C)CN2C(=O)OCC=C)C[C@@H]2[C@H]([C@@H](CO[Si](C)C)C(C)(C)C)C(=O)N12. The van der Waals surface area contributed by atoms with Gasteiger partial charge in [0.25, 0.3) is 0 Å². The molecule has 0 bridgehead atoms. The fourth-order valence-corrected chi connectivity index (χ4v) is 8.31. The molecule has 0 unspecified atom stereocenters. The smallest absolute Gasteiger partial charge is 0.412 e. The number of hydrogen-bond donors (Lipinski definition) is 0. The summed E-state index contributed by atoms with van der Waals surface area (Å²) < 4.78 is 24.0. The second-order valence-corrected chi connectivity index (χ2v) is 19.5. The summed E-state index contributed by atoms with van der Waals surface area (Å²) in [5.74, 6) is -0.814. The number of carbonyl (C=O) groups excluding carboxylic acids is 3. The van der Waals surface area contributed by atoms with Crippen LogP contribution in [-0.2, 0) is 27.9 Å². The second-order valence-electron chi connectivity index (χ2n) is 15.3. The van der Waals surface area contributed by atoms with E-state index in [0.717, 1.165) is 11.1 Å². The largest absolute Gasteiger partial charge is 0.457 e. The highest BCUT2D eigenvalue weighted by atomic mass is 28.3. The molecule has 3 aliphatic heterocycles. The molecule has 0 aliphatic carbocycles. The first-order valence-electron chi connectivity index (χ1n) is 16.3. The van der Waals surface area contributed by atoms with Crippen LogP contribution in [-0.4, -0.2) is 84.0 Å². The molecule has 3 heterocycles. The van der Waals surface area contributed by atoms with Crippen molar-refractivity contribution in [3.05, 3.63) is 48.2 Å². The molecule has 46 heavy (non-hydrogen) atoms. The van der Waals surface area contributed by atoms with Gasteiger partial charge in [-0.2, -0.15) is 0 Å². The topological polar surface area (TPSA) is 94.6 Å². The summed E-state index contributed by atoms with van der Waals surface area (Å²) >= 11 is 0. The lowest BCUT2D eigenvalue weighted by atomic mass is 9.66. The highest BCUT2D eigenvalue weighted by Crippen LogP contribution is 2.52. The summed E-state index contributed by atoms with van der Waals surface area (Å²) in [7, 11) is -2.27. The monoisotopic (exact) mass is 672 g/mol. The van der Waals surface area contributed by atoms with E-state index in [1.165, 1.54) is 6.08 Å². The summed E-state index contributed by atoms with van der Waals surface area (Å²) in [4.78, 5) is 44.5. The highest BCUT2D eigenvalue weighted by molar-refractivity contribution is 6.48. The van der Waals surface area contributed by atoms with Crippen LogP contribution < -0.4 is 0 Å². The lowest BCUT2D eigenvalue weighted by molar-refractivity contribution is -0.163. The predicted molar refractivity (Wildman–Crippen MR) is 184 cm³/mol. The Hall–Kier alpha value is -2.48. The van der Waals surface area contributed by atoms with E-state index >= 15 is 0 Å². The number of ether oxygens (including phenoxy) is 2. The third kappa shape index (κ3) is 8.14. The maximum atomic E-state index is 14.0. The minimum Gasteiger partial charge on any atom is -0.457 e. The van der Waals surface area contributed by atoms with Gasteiger partial charge in [0, 0.05) is 19.6 Å². The number of hydrogen-bond acceptors (Lipinski definition) is 7. The van der Waals surface area contributed by atoms with Gasteiger partial charge >= 0.3 is 12.1 Å². The number of esters is 1. The zero-order chi connectivity index (χ0) is 34.8. The molecule has 3 aliphatic rings. The number of amides is 2. The van der Waals surface area contributed by atoms with E-state index in [-0.39, 0.29) is 59.4 Å². The Kier molecular flexibility index (Phi) is 12.2. The Labute approximate surface area is 280 Å². The lowest BCUT2D eigenvalue weighted by Gasteiger charge is -2.50. The van der Waals surface area contributed by atoms with Crippen LogP contribution in [0.3, 0.4) is 0 Å². The molecule has 2 amide bonds. The van der Waals surface area contributed by atoms with Crippen LogP contribution in [0, 0.1) is 28.6 Å². The molecule has 0 aromatic rings. The highest BCUT2D eigenvalue weighted by Gasteiger charge is 2.60. The van der Waals surface area contributed by atoms with Gasteiger partial charge in [-0.3, -0.25) is 9.69 Å². The van der Waals surface area contributed by atoms with Crippen LogP contribution in [0.25, 0.3) is 0 Å². The predicted octanol–water partition coefficient (Wildman–Crippen LogP) is 6.73. The van der Waals surface area contributed by atoms with Crippen molar-refractivity contribution in [2.75, 3.05) is 26.4 Å². The van der Waals surface area contributed by atoms with E-state index in [0.29, 0.717) is 26.0 Å². The Morgan fingerprint density at radius 1 is 1.02 bits per heavy atom. The van der Waals surface area contributed by atoms with Crippen LogP contribution in [0.15, 0.2) is 48.2 Å². The van der Waals surface area contributed by atoms with Gasteiger partial charge in [-0.15, -0.1) is 0 Å². The fourth-order valence-electron chi connectivity index (χ4n) is 6.84. The summed E-state index contributed by atoms with van der Waals surface area (Å²) in [6.07, 6.45) is 5.66. The van der Waals surface area contributed by atoms with E-state index < -0.39 is 35.9 Å². The fraction of sp³-hybridized carbons (Fsp3) is 0.686. The Balaban J connectivity index is 2.14. The van der Waals surface area contributed by atoms with Crippen LogP contribution in [0.1, 0.15) is 61.3 Å². The molecule has 0 aromatic carbocycles. The minimum atomic E-state index is -1.31. The van der Waals surface area contributed by atoms with Gasteiger partial charge in [-0.25, -0.2) is 9.59 Å². The Morgan fingerprint density at radius 3 is 2.15 bits per heavy atom. The number of likely N-dealkylation sites (tertiary alicyclic amines) is 1. The molecule has 0 spiro atoms. The first-order chi connectivity index (χ1) is 21.3. The standard InChI is InChI=1S/C35H56N2O7Si2/c1-14-16-41-31(39)29-25(18-27-28(30(38)37(27)29)26(34(7,8)9)22-43-45(10)11)23(3)19-35(44-46(12)13)20-24(33(4,5)6)21-36(35)32(40)42-17-15-2/h14-15,19,24,26-28H,1-2,16-18,20-22H2,3-13H3/t24-,26+,27+,28-,35+/m0/s1. The van der Waals surface area contributed by atoms with Crippen molar-refractivity contribution in [1.82, 2.24) is 9.80 Å². The molecule has 3 rings (SSSR count). The van der Waals surface area contributed by atoms with Gasteiger partial charge < -0.3 is 23.2 Å². The molecule has 2 fully saturated rings. The van der Waals surface area contributed by atoms with Crippen LogP contribution in [0.2, 0.25) is 26.2 Å². The Morgan fingerprint density at radius 2 is 1.63 bits per heavy atom. The zero-order valence-electron chi connectivity index (χ0n) is 30.0. The normalized spacial score (nSPS) is 26.0. The maximum absolute atomic E-state index is 14.0. The quantitative estimate of drug-likeness (QED) is 0.0927. The molecule has 11 heteroatoms. The zero-order valence-corrected chi connectivity index (χ0v) is 32.0. The van der Waals surface area contributed by atoms with Crippen molar-refractivity contribution in [2.45, 2.75) is 99.3 Å². The van der Waals surface area contributed by atoms with Crippen molar-refractivity contribution in [3.8, 4) is 0 Å². The van der Waals surface area contributed by atoms with Gasteiger partial charge in [0.05, 0.1) is 12.0 Å². The van der Waals surface area contributed by atoms with Gasteiger partial charge in [0.1, 0.15) is 18.9 Å². The molecule has 0 aromatic heterocycles. The van der Waals surface area contributed by atoms with Gasteiger partial charge in [0.15, 0.2) is 5.72 Å². The molecule has 9 nitrogen and oxygen atoms in total. The van der Waals surface area contributed by atoms with E-state index in [4.69, 9.17) is 18.3 Å². The minimum absolute atomic E-state index is 0.0206. The van der Waals surface area contributed by atoms with Gasteiger partial charge in [-0.05, 0) is 79.4 Å². The van der Waals surface area contributed by atoms with E-state index in [1.54, 1.807) is 15.9 Å². The number of rotatable bonds is 13. The number of carbonyl (C=O) groups is 3. The van der Waals surface area contributed by atoms with E-state index in [1.807, 2.05) is 26.1 Å². The summed E-state index contributed by atoms with van der Waals surface area (Å²) in [5, 5.41) is 0. The number of allylic oxidation sites excluding steroid dienone is 1. The molecule has 0 N–H and O–H groups in total.